The minimum absolute atomic E-state index is 0.0953. The van der Waals surface area contributed by atoms with Crippen LogP contribution in [-0.2, 0) is 9.53 Å². The predicted molar refractivity (Wildman–Crippen MR) is 55.7 cm³/mol. The van der Waals surface area contributed by atoms with Crippen LogP contribution in [0, 0.1) is 13.8 Å². The molecule has 0 radical (unpaired) electrons. The van der Waals surface area contributed by atoms with Gasteiger partial charge in [-0.25, -0.2) is 0 Å². The third kappa shape index (κ3) is 2.02. The first-order chi connectivity index (χ1) is 7.18. The molecule has 0 spiro atoms. The molecule has 15 heavy (non-hydrogen) atoms. The molecule has 1 aromatic heterocycles. The smallest absolute Gasteiger partial charge is 0.254 e. The van der Waals surface area contributed by atoms with E-state index in [1.807, 2.05) is 13.8 Å². The average molecular weight is 209 g/mol. The number of carbonyl (C=O) groups excluding carboxylic acids is 1. The Morgan fingerprint density at radius 3 is 2.93 bits per heavy atom. The van der Waals surface area contributed by atoms with Crippen LogP contribution < -0.4 is 5.32 Å². The van der Waals surface area contributed by atoms with Crippen LogP contribution in [0.25, 0.3) is 0 Å². The summed E-state index contributed by atoms with van der Waals surface area (Å²) >= 11 is 0. The zero-order valence-electron chi connectivity index (χ0n) is 8.96. The highest BCUT2D eigenvalue weighted by molar-refractivity contribution is 5.94. The van der Waals surface area contributed by atoms with Gasteiger partial charge in [-0.05, 0) is 26.7 Å². The van der Waals surface area contributed by atoms with Gasteiger partial charge in [0, 0.05) is 17.9 Å². The Morgan fingerprint density at radius 1 is 1.60 bits per heavy atom. The molecule has 5 heteroatoms. The zero-order chi connectivity index (χ0) is 10.8. The van der Waals surface area contributed by atoms with Crippen molar-refractivity contribution >= 4 is 11.7 Å². The SMILES string of the molecule is Cc1[nH]nc(NC(=O)C2CCCO2)c1C. The van der Waals surface area contributed by atoms with Crippen molar-refractivity contribution in [2.24, 2.45) is 0 Å². The number of carbonyl (C=O) groups is 1. The van der Waals surface area contributed by atoms with Gasteiger partial charge in [-0.15, -0.1) is 0 Å². The summed E-state index contributed by atoms with van der Waals surface area (Å²) in [6.45, 7) is 4.52. The molecule has 0 aliphatic carbocycles. The lowest BCUT2D eigenvalue weighted by Crippen LogP contribution is -2.27. The van der Waals surface area contributed by atoms with Crippen molar-refractivity contribution in [3.8, 4) is 0 Å². The van der Waals surface area contributed by atoms with E-state index >= 15 is 0 Å². The average Bonchev–Trinajstić information content (AvgIpc) is 2.83. The molecule has 82 valence electrons. The number of H-pyrrole nitrogens is 1. The van der Waals surface area contributed by atoms with E-state index in [0.29, 0.717) is 12.4 Å². The van der Waals surface area contributed by atoms with Crippen molar-refractivity contribution in [3.05, 3.63) is 11.3 Å². The second-order valence-corrected chi connectivity index (χ2v) is 3.81. The number of hydrogen-bond donors (Lipinski definition) is 2. The Morgan fingerprint density at radius 2 is 2.40 bits per heavy atom. The van der Waals surface area contributed by atoms with Crippen molar-refractivity contribution in [1.29, 1.82) is 0 Å². The number of ether oxygens (including phenoxy) is 1. The first kappa shape index (κ1) is 10.2. The summed E-state index contributed by atoms with van der Waals surface area (Å²) in [4.78, 5) is 11.7. The Labute approximate surface area is 88.2 Å². The molecule has 5 nitrogen and oxygen atoms in total. The number of nitrogens with zero attached hydrogens (tertiary/aromatic N) is 1. The molecular weight excluding hydrogens is 194 g/mol. The molecule has 1 aliphatic rings. The third-order valence-corrected chi connectivity index (χ3v) is 2.72. The Balaban J connectivity index is 2.02. The van der Waals surface area contributed by atoms with Crippen molar-refractivity contribution < 1.29 is 9.53 Å². The fraction of sp³-hybridized carbons (Fsp3) is 0.600. The van der Waals surface area contributed by atoms with Gasteiger partial charge in [0.2, 0.25) is 0 Å². The van der Waals surface area contributed by atoms with E-state index in [4.69, 9.17) is 4.74 Å². The maximum absolute atomic E-state index is 11.7. The molecule has 0 aromatic carbocycles. The van der Waals surface area contributed by atoms with Gasteiger partial charge in [0.15, 0.2) is 5.82 Å². The minimum atomic E-state index is -0.304. The summed E-state index contributed by atoms with van der Waals surface area (Å²) < 4.78 is 5.28. The van der Waals surface area contributed by atoms with Crippen LogP contribution in [0.1, 0.15) is 24.1 Å². The molecule has 1 aliphatic heterocycles. The summed E-state index contributed by atoms with van der Waals surface area (Å²) in [5, 5.41) is 9.61. The summed E-state index contributed by atoms with van der Waals surface area (Å²) in [5.74, 6) is 0.509. The van der Waals surface area contributed by atoms with Crippen LogP contribution in [0.2, 0.25) is 0 Å². The van der Waals surface area contributed by atoms with Crippen LogP contribution >= 0.6 is 0 Å². The Bertz CT molecular complexity index is 367. The van der Waals surface area contributed by atoms with E-state index in [2.05, 4.69) is 15.5 Å². The Hall–Kier alpha value is -1.36. The second-order valence-electron chi connectivity index (χ2n) is 3.81. The molecule has 1 aromatic rings. The number of aryl methyl sites for hydroxylation is 1. The molecule has 1 amide bonds. The van der Waals surface area contributed by atoms with Gasteiger partial charge in [-0.2, -0.15) is 5.10 Å². The highest BCUT2D eigenvalue weighted by Gasteiger charge is 2.24. The number of aromatic amines is 1. The Kier molecular flexibility index (Phi) is 2.73. The lowest BCUT2D eigenvalue weighted by atomic mass is 10.2. The predicted octanol–water partition coefficient (Wildman–Crippen LogP) is 1.14. The summed E-state index contributed by atoms with van der Waals surface area (Å²) in [6.07, 6.45) is 1.45. The van der Waals surface area contributed by atoms with E-state index in [0.717, 1.165) is 24.1 Å². The molecule has 2 heterocycles. The number of aromatic nitrogens is 2. The third-order valence-electron chi connectivity index (χ3n) is 2.72. The van der Waals surface area contributed by atoms with E-state index < -0.39 is 0 Å². The second kappa shape index (κ2) is 4.02. The van der Waals surface area contributed by atoms with Gasteiger partial charge in [0.1, 0.15) is 6.10 Å². The molecule has 2 rings (SSSR count). The van der Waals surface area contributed by atoms with Crippen molar-refractivity contribution in [2.75, 3.05) is 11.9 Å². The van der Waals surface area contributed by atoms with Crippen LogP contribution in [0.15, 0.2) is 0 Å². The van der Waals surface area contributed by atoms with E-state index in [1.54, 1.807) is 0 Å². The lowest BCUT2D eigenvalue weighted by Gasteiger charge is -2.08. The first-order valence-electron chi connectivity index (χ1n) is 5.12. The van der Waals surface area contributed by atoms with Gasteiger partial charge in [-0.3, -0.25) is 9.89 Å². The largest absolute Gasteiger partial charge is 0.368 e. The van der Waals surface area contributed by atoms with Crippen molar-refractivity contribution in [2.45, 2.75) is 32.8 Å². The topological polar surface area (TPSA) is 67.0 Å². The van der Waals surface area contributed by atoms with Gasteiger partial charge in [-0.1, -0.05) is 0 Å². The van der Waals surface area contributed by atoms with E-state index in [-0.39, 0.29) is 12.0 Å². The normalized spacial score (nSPS) is 20.5. The summed E-state index contributed by atoms with van der Waals surface area (Å²) in [7, 11) is 0. The monoisotopic (exact) mass is 209 g/mol. The van der Waals surface area contributed by atoms with Gasteiger partial charge < -0.3 is 10.1 Å². The zero-order valence-corrected chi connectivity index (χ0v) is 8.96. The maximum Gasteiger partial charge on any atom is 0.254 e. The molecule has 1 atom stereocenters. The lowest BCUT2D eigenvalue weighted by molar-refractivity contribution is -0.124. The van der Waals surface area contributed by atoms with Crippen LogP contribution in [0.3, 0.4) is 0 Å². The summed E-state index contributed by atoms with van der Waals surface area (Å²) in [6, 6.07) is 0. The first-order valence-corrected chi connectivity index (χ1v) is 5.12. The van der Waals surface area contributed by atoms with Crippen molar-refractivity contribution in [3.63, 3.8) is 0 Å². The van der Waals surface area contributed by atoms with Crippen LogP contribution in [-0.4, -0.2) is 28.8 Å². The van der Waals surface area contributed by atoms with Gasteiger partial charge >= 0.3 is 0 Å². The quantitative estimate of drug-likeness (QED) is 0.767. The standard InChI is InChI=1S/C10H15N3O2/c1-6-7(2)12-13-9(6)11-10(14)8-4-3-5-15-8/h8H,3-5H2,1-2H3,(H2,11,12,13,14). The molecule has 0 bridgehead atoms. The maximum atomic E-state index is 11.7. The number of rotatable bonds is 2. The van der Waals surface area contributed by atoms with Gasteiger partial charge in [0.05, 0.1) is 0 Å². The van der Waals surface area contributed by atoms with Crippen molar-refractivity contribution in [1.82, 2.24) is 10.2 Å². The number of nitrogens with one attached hydrogen (secondary N) is 2. The number of hydrogen-bond acceptors (Lipinski definition) is 3. The molecule has 1 saturated heterocycles. The van der Waals surface area contributed by atoms with Crippen LogP contribution in [0.4, 0.5) is 5.82 Å². The molecule has 1 unspecified atom stereocenters. The highest BCUT2D eigenvalue weighted by atomic mass is 16.5. The molecule has 0 saturated carbocycles. The number of anilines is 1. The van der Waals surface area contributed by atoms with Gasteiger partial charge in [0.25, 0.3) is 5.91 Å². The number of amides is 1. The fourth-order valence-electron chi connectivity index (χ4n) is 1.59. The highest BCUT2D eigenvalue weighted by Crippen LogP contribution is 2.17. The summed E-state index contributed by atoms with van der Waals surface area (Å²) in [5.41, 5.74) is 1.94. The molecular formula is C10H15N3O2. The van der Waals surface area contributed by atoms with Crippen LogP contribution in [0.5, 0.6) is 0 Å². The molecule has 1 fully saturated rings. The molecule has 2 N–H and O–H groups in total. The fourth-order valence-corrected chi connectivity index (χ4v) is 1.59. The van der Waals surface area contributed by atoms with E-state index in [1.165, 1.54) is 0 Å². The minimum Gasteiger partial charge on any atom is -0.368 e. The van der Waals surface area contributed by atoms with E-state index in [9.17, 15) is 4.79 Å².